The largest absolute Gasteiger partial charge is 0.496 e. The highest BCUT2D eigenvalue weighted by Gasteiger charge is 2.30. The number of nitrogens with zero attached hydrogens (tertiary/aromatic N) is 10. The number of amides is 2. The number of ether oxygens (including phenoxy) is 5. The Labute approximate surface area is 636 Å². The minimum Gasteiger partial charge on any atom is -0.496 e. The normalized spacial score (nSPS) is 15.1. The molecule has 568 valence electrons. The van der Waals surface area contributed by atoms with Gasteiger partial charge in [0.25, 0.3) is 5.69 Å². The number of nitro groups is 1. The van der Waals surface area contributed by atoms with Crippen molar-refractivity contribution in [2.45, 2.75) is 94.2 Å². The van der Waals surface area contributed by atoms with Gasteiger partial charge in [-0.1, -0.05) is 85.8 Å². The Morgan fingerprint density at radius 2 is 1.03 bits per heavy atom. The second-order valence-electron chi connectivity index (χ2n) is 27.0. The van der Waals surface area contributed by atoms with Crippen molar-refractivity contribution in [2.24, 2.45) is 0 Å². The van der Waals surface area contributed by atoms with E-state index < -0.39 is 10.4 Å². The van der Waals surface area contributed by atoms with E-state index in [9.17, 15) is 19.7 Å². The number of halogens is 1. The molecule has 13 aromatic rings. The maximum Gasteiger partial charge on any atom is 0.409 e. The number of carbonyl (C=O) groups excluding carboxylic acids is 2. The number of aromatic nitrogens is 8. The van der Waals surface area contributed by atoms with E-state index in [2.05, 4.69) is 81.8 Å². The molecule has 0 aliphatic carbocycles. The van der Waals surface area contributed by atoms with Crippen LogP contribution in [0.2, 0.25) is 0 Å². The number of nitrogens with two attached hydrogens (primary N) is 1. The van der Waals surface area contributed by atoms with Crippen molar-refractivity contribution in [1.82, 2.24) is 60.2 Å². The van der Waals surface area contributed by atoms with Crippen molar-refractivity contribution in [3.05, 3.63) is 166 Å². The smallest absolute Gasteiger partial charge is 0.409 e. The van der Waals surface area contributed by atoms with Gasteiger partial charge in [0.2, 0.25) is 0 Å². The van der Waals surface area contributed by atoms with E-state index in [0.29, 0.717) is 36.5 Å². The fourth-order valence-electron chi connectivity index (χ4n) is 15.2. The number of H-pyrrole nitrogens is 2. The lowest BCUT2D eigenvalue weighted by atomic mass is 9.97. The highest BCUT2D eigenvalue weighted by atomic mass is 35.5. The first kappa shape index (κ1) is 77.5. The number of aryl methyl sites for hydroxylation is 6. The average Bonchev–Trinajstić information content (AvgIpc) is 1.61. The number of rotatable bonds is 11. The molecule has 0 radical (unpaired) electrons. The molecular weight excluding hydrogens is 1410 g/mol. The van der Waals surface area contributed by atoms with E-state index in [1.807, 2.05) is 107 Å². The van der Waals surface area contributed by atoms with Gasteiger partial charge < -0.3 is 64.0 Å². The van der Waals surface area contributed by atoms with Gasteiger partial charge in [0.15, 0.2) is 0 Å². The van der Waals surface area contributed by atoms with E-state index in [0.717, 1.165) is 222 Å². The molecule has 17 rings (SSSR count). The third-order valence-electron chi connectivity index (χ3n) is 20.4. The Kier molecular flexibility index (Phi) is 24.2. The van der Waals surface area contributed by atoms with Crippen LogP contribution >= 0.6 is 11.6 Å². The van der Waals surface area contributed by atoms with Gasteiger partial charge in [0, 0.05) is 175 Å². The van der Waals surface area contributed by atoms with Crippen LogP contribution in [-0.2, 0) is 9.47 Å². The van der Waals surface area contributed by atoms with E-state index in [-0.39, 0.29) is 32.3 Å². The summed E-state index contributed by atoms with van der Waals surface area (Å²) in [5, 5.41) is 32.9. The molecule has 0 saturated carbocycles. The van der Waals surface area contributed by atoms with Crippen LogP contribution in [0.15, 0.2) is 130 Å². The van der Waals surface area contributed by atoms with Gasteiger partial charge >= 0.3 is 11.5 Å². The summed E-state index contributed by atoms with van der Waals surface area (Å²) >= 11 is 4.92. The number of anilines is 2. The molecule has 4 aliphatic rings. The summed E-state index contributed by atoms with van der Waals surface area (Å²) in [5.74, 6) is 4.43. The lowest BCUT2D eigenvalue weighted by molar-refractivity contribution is -0.384. The highest BCUT2D eigenvalue weighted by molar-refractivity contribution is 6.61. The number of hydrogen-bond donors (Lipinski definition) is 5. The van der Waals surface area contributed by atoms with Crippen LogP contribution in [0.5, 0.6) is 17.2 Å². The number of benzene rings is 7. The van der Waals surface area contributed by atoms with Gasteiger partial charge in [0.1, 0.15) is 51.7 Å². The van der Waals surface area contributed by atoms with Gasteiger partial charge in [-0.05, 0) is 127 Å². The van der Waals surface area contributed by atoms with Crippen molar-refractivity contribution >= 4 is 106 Å². The van der Waals surface area contributed by atoms with Crippen LogP contribution in [0, 0.1) is 51.7 Å². The number of nitro benzene ring substituents is 1. The predicted octanol–water partition coefficient (Wildman–Crippen LogP) is 16.6. The molecule has 6 aromatic heterocycles. The van der Waals surface area contributed by atoms with Crippen LogP contribution < -0.4 is 30.6 Å². The van der Waals surface area contributed by atoms with Crippen molar-refractivity contribution in [3.8, 4) is 62.0 Å². The molecule has 6 N–H and O–H groups in total. The number of carbonyl (C=O) groups is 2. The molecule has 0 atom stereocenters. The summed E-state index contributed by atoms with van der Waals surface area (Å²) in [6.45, 7) is 23.0. The number of urea groups is 1. The molecule has 27 heteroatoms. The maximum atomic E-state index is 13.5. The second-order valence-corrected chi connectivity index (χ2v) is 27.3. The number of hydrogen-bond acceptors (Lipinski definition) is 21. The van der Waals surface area contributed by atoms with E-state index in [1.54, 1.807) is 14.2 Å². The lowest BCUT2D eigenvalue weighted by Gasteiger charge is -2.40. The van der Waals surface area contributed by atoms with E-state index >= 15 is 0 Å². The maximum absolute atomic E-state index is 13.5. The summed E-state index contributed by atoms with van der Waals surface area (Å²) in [6.07, 6.45) is 4.61. The number of methoxy groups -OCH3 is 2. The number of nitrogen functional groups attached to an aromatic ring is 1. The predicted molar refractivity (Wildman–Crippen MR) is 428 cm³/mol. The zero-order valence-electron chi connectivity index (χ0n) is 60.9. The molecule has 0 spiro atoms. The zero-order valence-corrected chi connectivity index (χ0v) is 61.7. The molecule has 0 bridgehead atoms. The standard InChI is InChI=1S/C37H39N7O4.C27H23N5O2.C9H18N2O.C7H4ClNO4.2CH4/c1-21-33(22(2)48-42-21)29-19-31-28(20-32(29)46-4)34-35(38-23(3)39-36(34)40-31)27-9-10-30(26-8-6-5-7-25(26)27)41-37(45)44-15-13-43(14-16-44)24-11-17-47-18-12-24;1-13-24(14(2)34-32-13)20-11-22-19(12-23(20)33-4)25-26(29-15(3)30-27(25)31-22)18-9-10-21(28)17-8-6-5-7-16(17)18;1-7-12-8-2-9(1)11-5-3-10-4-6-11;8-7(10)13-6-3-1-5(2-4-6)9(11)12;;/h5-10,19-20,24H,11-18H2,1-4H3,(H,41,45)(H,38,39,40);5-12H,28H2,1-4H3,(H,29,30,31);9-10H,1-8H2;1-4H;2*1H4. The van der Waals surface area contributed by atoms with Crippen LogP contribution in [0.4, 0.5) is 26.7 Å². The topological polar surface area (TPSA) is 318 Å². The fraction of sp³-hybridized carbons (Fsp3) is 0.341. The molecule has 4 saturated heterocycles. The van der Waals surface area contributed by atoms with Gasteiger partial charge in [-0.15, -0.1) is 0 Å². The van der Waals surface area contributed by atoms with Gasteiger partial charge in [-0.25, -0.2) is 29.5 Å². The zero-order chi connectivity index (χ0) is 74.6. The number of fused-ring (bicyclic) bond motifs is 8. The van der Waals surface area contributed by atoms with E-state index in [1.165, 1.54) is 50.2 Å². The molecule has 4 fully saturated rings. The van der Waals surface area contributed by atoms with Crippen molar-refractivity contribution in [2.75, 3.05) is 104 Å². The highest BCUT2D eigenvalue weighted by Crippen LogP contribution is 2.46. The summed E-state index contributed by atoms with van der Waals surface area (Å²) in [4.78, 5) is 66.9. The van der Waals surface area contributed by atoms with Gasteiger partial charge in [-0.3, -0.25) is 19.9 Å². The third kappa shape index (κ3) is 16.4. The molecule has 4 aliphatic heterocycles. The number of nitrogens with one attached hydrogen (secondary N) is 4. The molecule has 26 nitrogen and oxygen atoms in total. The Morgan fingerprint density at radius 1 is 0.569 bits per heavy atom. The summed E-state index contributed by atoms with van der Waals surface area (Å²) in [7, 11) is 3.35. The first-order chi connectivity index (χ1) is 51.9. The Bertz CT molecular complexity index is 5400. The average molecular weight is 1500 g/mol. The van der Waals surface area contributed by atoms with Crippen LogP contribution in [0.3, 0.4) is 0 Å². The summed E-state index contributed by atoms with van der Waals surface area (Å²) in [5.41, 5.74) is 19.0. The first-order valence-corrected chi connectivity index (χ1v) is 36.2. The Morgan fingerprint density at radius 3 is 1.49 bits per heavy atom. The minimum atomic E-state index is -0.978. The SMILES string of the molecule is C.C.C1CN(C2CCOCC2)CCN1.COc1cc2c(cc1-c1c(C)noc1C)[nH]c1nc(C)nc(-c3ccc(N)c4ccccc34)c12.COc1cc2c(cc1-c1c(C)noc1C)[nH]c1nc(C)nc(-c3ccc(NC(=O)N4CCN(C5CCOCC5)CC4)c4ccccc34)c12.O=C(Cl)Oc1ccc([N+](=O)[O-])cc1. The molecule has 109 heavy (non-hydrogen) atoms. The van der Waals surface area contributed by atoms with Crippen molar-refractivity contribution in [1.29, 1.82) is 0 Å². The summed E-state index contributed by atoms with van der Waals surface area (Å²) < 4.78 is 38.0. The van der Waals surface area contributed by atoms with Crippen LogP contribution in [-0.4, -0.2) is 176 Å². The van der Waals surface area contributed by atoms with Crippen molar-refractivity contribution in [3.63, 3.8) is 0 Å². The van der Waals surface area contributed by atoms with Gasteiger partial charge in [-0.2, -0.15) is 0 Å². The van der Waals surface area contributed by atoms with Crippen LogP contribution in [0.1, 0.15) is 75.1 Å². The lowest BCUT2D eigenvalue weighted by Crippen LogP contribution is -2.53. The van der Waals surface area contributed by atoms with Crippen molar-refractivity contribution < 1.29 is 47.2 Å². The molecule has 10 heterocycles. The summed E-state index contributed by atoms with van der Waals surface area (Å²) in [6, 6.07) is 38.8. The molecular formula is C82H92ClN15O11. The minimum absolute atomic E-state index is 0. The fourth-order valence-corrected chi connectivity index (χ4v) is 15.3. The molecule has 0 unspecified atom stereocenters. The third-order valence-corrected chi connectivity index (χ3v) is 20.5. The Hall–Kier alpha value is -11.1. The number of aromatic amines is 2. The van der Waals surface area contributed by atoms with E-state index in [4.69, 9.17) is 65.3 Å². The number of non-ortho nitro benzene ring substituents is 1. The second kappa shape index (κ2) is 34.0. The monoisotopic (exact) mass is 1500 g/mol. The quantitative estimate of drug-likeness (QED) is 0.0348. The molecule has 2 amide bonds. The Balaban J connectivity index is 0.000000156. The van der Waals surface area contributed by atoms with Crippen LogP contribution in [0.25, 0.3) is 110 Å². The number of piperazine rings is 2. The first-order valence-electron chi connectivity index (χ1n) is 35.9. The molecule has 7 aromatic carbocycles. The van der Waals surface area contributed by atoms with Gasteiger partial charge in [0.05, 0.1) is 69.5 Å².